The van der Waals surface area contributed by atoms with Crippen LogP contribution in [0, 0.1) is 0 Å². The molecule has 2 aromatic carbocycles. The van der Waals surface area contributed by atoms with Gasteiger partial charge in [-0.15, -0.1) is 6.58 Å². The minimum atomic E-state index is -0.919. The monoisotopic (exact) mass is 502 g/mol. The molecule has 2 heterocycles. The lowest BCUT2D eigenvalue weighted by Gasteiger charge is -2.32. The predicted octanol–water partition coefficient (Wildman–Crippen LogP) is 1.90. The first-order chi connectivity index (χ1) is 18.0. The van der Waals surface area contributed by atoms with Crippen molar-refractivity contribution in [2.45, 2.75) is 62.7 Å². The summed E-state index contributed by atoms with van der Waals surface area (Å²) in [6.45, 7) is 4.14. The predicted molar refractivity (Wildman–Crippen MR) is 140 cm³/mol. The van der Waals surface area contributed by atoms with Crippen LogP contribution in [0.4, 0.5) is 0 Å². The highest BCUT2D eigenvalue weighted by Gasteiger charge is 2.40. The zero-order chi connectivity index (χ0) is 26.2. The van der Waals surface area contributed by atoms with E-state index in [-0.39, 0.29) is 24.7 Å². The van der Waals surface area contributed by atoms with Gasteiger partial charge in [0.25, 0.3) is 0 Å². The van der Waals surface area contributed by atoms with Crippen LogP contribution in [-0.4, -0.2) is 59.2 Å². The van der Waals surface area contributed by atoms with Gasteiger partial charge in [-0.2, -0.15) is 0 Å². The summed E-state index contributed by atoms with van der Waals surface area (Å²) >= 11 is 0. The first kappa shape index (κ1) is 26.1. The number of allylic oxidation sites excluding steroid dienone is 1. The highest BCUT2D eigenvalue weighted by Crippen LogP contribution is 2.21. The number of carbonyl (C=O) groups is 4. The molecule has 2 saturated heterocycles. The number of rotatable bonds is 7. The molecule has 0 radical (unpaired) electrons. The fourth-order valence-electron chi connectivity index (χ4n) is 4.98. The van der Waals surface area contributed by atoms with Crippen molar-refractivity contribution in [2.75, 3.05) is 6.54 Å². The van der Waals surface area contributed by atoms with Crippen LogP contribution in [0.25, 0.3) is 0 Å². The Kier molecular flexibility index (Phi) is 8.72. The van der Waals surface area contributed by atoms with E-state index in [9.17, 15) is 19.2 Å². The molecule has 3 N–H and O–H groups in total. The van der Waals surface area contributed by atoms with Crippen LogP contribution in [0.2, 0.25) is 0 Å². The average molecular weight is 503 g/mol. The van der Waals surface area contributed by atoms with Crippen molar-refractivity contribution in [3.63, 3.8) is 0 Å². The Morgan fingerprint density at radius 1 is 0.757 bits per heavy atom. The lowest BCUT2D eigenvalue weighted by atomic mass is 10.0. The second kappa shape index (κ2) is 12.3. The smallest absolute Gasteiger partial charge is 0.246 e. The Morgan fingerprint density at radius 2 is 1.30 bits per heavy atom. The van der Waals surface area contributed by atoms with E-state index < -0.39 is 36.0 Å². The maximum Gasteiger partial charge on any atom is 0.246 e. The van der Waals surface area contributed by atoms with Crippen LogP contribution in [0.15, 0.2) is 73.3 Å². The number of nitrogens with one attached hydrogen (secondary N) is 3. The average Bonchev–Trinajstić information content (AvgIpc) is 3.40. The Balaban J connectivity index is 1.68. The molecule has 0 spiro atoms. The number of hydrogen-bond acceptors (Lipinski definition) is 4. The number of hydrogen-bond donors (Lipinski definition) is 3. The number of carbonyl (C=O) groups excluding carboxylic acids is 4. The second-order valence-electron chi connectivity index (χ2n) is 9.62. The van der Waals surface area contributed by atoms with Gasteiger partial charge in [0.05, 0.1) is 0 Å². The van der Waals surface area contributed by atoms with E-state index in [0.717, 1.165) is 11.1 Å². The van der Waals surface area contributed by atoms with Gasteiger partial charge in [-0.3, -0.25) is 19.2 Å². The van der Waals surface area contributed by atoms with E-state index in [1.807, 2.05) is 60.7 Å². The van der Waals surface area contributed by atoms with E-state index in [4.69, 9.17) is 0 Å². The highest BCUT2D eigenvalue weighted by atomic mass is 16.2. The van der Waals surface area contributed by atoms with E-state index >= 15 is 0 Å². The topological polar surface area (TPSA) is 108 Å². The van der Waals surface area contributed by atoms with Gasteiger partial charge in [-0.05, 0) is 36.8 Å². The lowest BCUT2D eigenvalue weighted by molar-refractivity contribution is -0.143. The Labute approximate surface area is 217 Å². The van der Waals surface area contributed by atoms with Crippen LogP contribution < -0.4 is 16.0 Å². The molecule has 194 valence electrons. The summed E-state index contributed by atoms with van der Waals surface area (Å²) in [5.41, 5.74) is 1.76. The highest BCUT2D eigenvalue weighted by molar-refractivity contribution is 5.98. The maximum atomic E-state index is 13.8. The molecule has 0 bridgehead atoms. The molecule has 2 aliphatic rings. The standard InChI is InChI=1S/C29H34N4O4/c1-2-3-15-22-26(34)31-23(18-20-11-6-4-7-12-20)27(35)32-24(19-21-13-8-5-9-14-21)29(37)33-17-10-16-25(33)28(36)30-22/h2,4-9,11-14,22-25H,1,3,10,15-19H2,(H,30,36)(H,31,34)(H,32,35)/t22-,23-,24-,25+/m0/s1. The summed E-state index contributed by atoms with van der Waals surface area (Å²) in [6.07, 6.45) is 4.26. The largest absolute Gasteiger partial charge is 0.343 e. The van der Waals surface area contributed by atoms with E-state index in [1.54, 1.807) is 11.0 Å². The van der Waals surface area contributed by atoms with E-state index in [1.165, 1.54) is 0 Å². The number of fused-ring (bicyclic) bond motifs is 1. The van der Waals surface area contributed by atoms with Gasteiger partial charge in [0.15, 0.2) is 0 Å². The molecule has 0 aliphatic carbocycles. The van der Waals surface area contributed by atoms with Crippen LogP contribution >= 0.6 is 0 Å². The molecule has 4 amide bonds. The molecule has 2 fully saturated rings. The Bertz CT molecular complexity index is 1120. The fraction of sp³-hybridized carbons (Fsp3) is 0.379. The molecule has 0 unspecified atom stereocenters. The maximum absolute atomic E-state index is 13.8. The summed E-state index contributed by atoms with van der Waals surface area (Å²) in [6, 6.07) is 15.5. The van der Waals surface area contributed by atoms with Crippen molar-refractivity contribution < 1.29 is 19.2 Å². The van der Waals surface area contributed by atoms with E-state index in [2.05, 4.69) is 22.5 Å². The van der Waals surface area contributed by atoms with Crippen molar-refractivity contribution >= 4 is 23.6 Å². The number of nitrogens with zero attached hydrogens (tertiary/aromatic N) is 1. The van der Waals surface area contributed by atoms with Gasteiger partial charge in [0.1, 0.15) is 24.2 Å². The number of amides is 4. The third-order valence-electron chi connectivity index (χ3n) is 6.94. The molecular weight excluding hydrogens is 468 g/mol. The van der Waals surface area contributed by atoms with Gasteiger partial charge in [-0.25, -0.2) is 0 Å². The SMILES string of the molecule is C=CCC[C@@H]1NC(=O)[C@H]2CCCN2C(=O)[C@H](Cc2ccccc2)NC(=O)[C@H](Cc2ccccc2)NC1=O. The first-order valence-corrected chi connectivity index (χ1v) is 12.9. The third kappa shape index (κ3) is 6.64. The fourth-order valence-corrected chi connectivity index (χ4v) is 4.98. The molecule has 37 heavy (non-hydrogen) atoms. The molecule has 2 aromatic rings. The molecular formula is C29H34N4O4. The zero-order valence-electron chi connectivity index (χ0n) is 20.9. The van der Waals surface area contributed by atoms with Crippen molar-refractivity contribution in [2.24, 2.45) is 0 Å². The summed E-state index contributed by atoms with van der Waals surface area (Å²) in [4.78, 5) is 55.5. The van der Waals surface area contributed by atoms with Crippen molar-refractivity contribution in [1.29, 1.82) is 0 Å². The summed E-state index contributed by atoms with van der Waals surface area (Å²) in [7, 11) is 0. The second-order valence-corrected chi connectivity index (χ2v) is 9.62. The molecule has 4 atom stereocenters. The van der Waals surface area contributed by atoms with Crippen molar-refractivity contribution in [3.05, 3.63) is 84.4 Å². The van der Waals surface area contributed by atoms with Crippen molar-refractivity contribution in [3.8, 4) is 0 Å². The van der Waals surface area contributed by atoms with Crippen LogP contribution in [0.5, 0.6) is 0 Å². The molecule has 0 aromatic heterocycles. The van der Waals surface area contributed by atoms with Crippen LogP contribution in [0.3, 0.4) is 0 Å². The van der Waals surface area contributed by atoms with Crippen molar-refractivity contribution in [1.82, 2.24) is 20.9 Å². The Hall–Kier alpha value is -3.94. The van der Waals surface area contributed by atoms with Gasteiger partial charge < -0.3 is 20.9 Å². The van der Waals surface area contributed by atoms with Gasteiger partial charge in [0.2, 0.25) is 23.6 Å². The van der Waals surface area contributed by atoms with Gasteiger partial charge in [-0.1, -0.05) is 66.7 Å². The van der Waals surface area contributed by atoms with Crippen LogP contribution in [-0.2, 0) is 32.0 Å². The quantitative estimate of drug-likeness (QED) is 0.503. The first-order valence-electron chi connectivity index (χ1n) is 12.9. The minimum absolute atomic E-state index is 0.249. The summed E-state index contributed by atoms with van der Waals surface area (Å²) in [5.74, 6) is -1.50. The molecule has 8 nitrogen and oxygen atoms in total. The minimum Gasteiger partial charge on any atom is -0.343 e. The molecule has 4 rings (SSSR count). The van der Waals surface area contributed by atoms with Gasteiger partial charge in [0, 0.05) is 19.4 Å². The molecule has 0 saturated carbocycles. The normalized spacial score (nSPS) is 24.7. The lowest BCUT2D eigenvalue weighted by Crippen LogP contribution is -2.61. The molecule has 2 aliphatic heterocycles. The zero-order valence-corrected chi connectivity index (χ0v) is 20.9. The Morgan fingerprint density at radius 3 is 1.92 bits per heavy atom. The molecule has 8 heteroatoms. The summed E-state index contributed by atoms with van der Waals surface area (Å²) in [5, 5.41) is 8.61. The van der Waals surface area contributed by atoms with Crippen LogP contribution in [0.1, 0.15) is 36.8 Å². The summed E-state index contributed by atoms with van der Waals surface area (Å²) < 4.78 is 0. The number of benzene rings is 2. The van der Waals surface area contributed by atoms with E-state index in [0.29, 0.717) is 32.2 Å². The third-order valence-corrected chi connectivity index (χ3v) is 6.94. The van der Waals surface area contributed by atoms with Gasteiger partial charge >= 0.3 is 0 Å².